The molecule has 0 bridgehead atoms. The van der Waals surface area contributed by atoms with Crippen molar-refractivity contribution in [2.45, 2.75) is 25.6 Å². The number of ether oxygens (including phenoxy) is 1. The van der Waals surface area contributed by atoms with Gasteiger partial charge in [-0.2, -0.15) is 13.2 Å². The van der Waals surface area contributed by atoms with E-state index in [0.29, 0.717) is 36.0 Å². The van der Waals surface area contributed by atoms with Gasteiger partial charge in [0, 0.05) is 30.6 Å². The third-order valence-electron chi connectivity index (χ3n) is 5.76. The van der Waals surface area contributed by atoms with E-state index in [-0.39, 0.29) is 18.4 Å². The summed E-state index contributed by atoms with van der Waals surface area (Å²) < 4.78 is 43.8. The van der Waals surface area contributed by atoms with Crippen LogP contribution in [0.1, 0.15) is 28.4 Å². The first kappa shape index (κ1) is 24.4. The van der Waals surface area contributed by atoms with E-state index < -0.39 is 11.7 Å². The molecule has 1 aromatic heterocycles. The number of thiazole rings is 1. The fourth-order valence-corrected chi connectivity index (χ4v) is 4.81. The van der Waals surface area contributed by atoms with Crippen LogP contribution in [0.15, 0.2) is 53.9 Å². The summed E-state index contributed by atoms with van der Waals surface area (Å²) in [5.41, 5.74) is 2.81. The molecule has 1 aliphatic rings. The first-order valence-corrected chi connectivity index (χ1v) is 11.9. The molecule has 4 rings (SSSR count). The molecule has 1 amide bonds. The van der Waals surface area contributed by atoms with Crippen molar-refractivity contribution in [2.75, 3.05) is 32.8 Å². The van der Waals surface area contributed by atoms with E-state index in [1.165, 1.54) is 29.0 Å². The first-order valence-electron chi connectivity index (χ1n) is 11.1. The average Bonchev–Trinajstić information content (AvgIpc) is 3.28. The predicted octanol–water partition coefficient (Wildman–Crippen LogP) is 4.87. The lowest BCUT2D eigenvalue weighted by atomic mass is 10.0. The summed E-state index contributed by atoms with van der Waals surface area (Å²) in [5.74, 6) is -0.143. The van der Waals surface area contributed by atoms with Crippen LogP contribution in [0.25, 0.3) is 10.6 Å². The van der Waals surface area contributed by atoms with Crippen LogP contribution in [0, 0.1) is 6.92 Å². The summed E-state index contributed by atoms with van der Waals surface area (Å²) in [4.78, 5) is 19.5. The number of benzene rings is 2. The highest BCUT2D eigenvalue weighted by Gasteiger charge is 2.30. The van der Waals surface area contributed by atoms with Gasteiger partial charge in [0.1, 0.15) is 5.01 Å². The molecule has 0 spiro atoms. The normalized spacial score (nSPS) is 15.8. The van der Waals surface area contributed by atoms with Crippen molar-refractivity contribution < 1.29 is 22.7 Å². The van der Waals surface area contributed by atoms with E-state index in [4.69, 9.17) is 4.74 Å². The third-order valence-corrected chi connectivity index (χ3v) is 6.70. The SMILES string of the molecule is Cc1cccc(C(CNC(=O)Cc2csc(-c3ccc(C(F)(F)F)cc3)n2)N2CCOCC2)c1. The molecule has 3 aromatic rings. The van der Waals surface area contributed by atoms with Crippen molar-refractivity contribution in [1.82, 2.24) is 15.2 Å². The van der Waals surface area contributed by atoms with Gasteiger partial charge >= 0.3 is 6.18 Å². The lowest BCUT2D eigenvalue weighted by Crippen LogP contribution is -2.44. The molecule has 1 N–H and O–H groups in total. The van der Waals surface area contributed by atoms with E-state index in [2.05, 4.69) is 40.3 Å². The molecule has 1 saturated heterocycles. The van der Waals surface area contributed by atoms with Gasteiger partial charge in [-0.3, -0.25) is 9.69 Å². The Bertz CT molecular complexity index is 1110. The van der Waals surface area contributed by atoms with Crippen LogP contribution in [0.4, 0.5) is 13.2 Å². The number of amides is 1. The summed E-state index contributed by atoms with van der Waals surface area (Å²) in [5, 5.41) is 5.39. The number of carbonyl (C=O) groups is 1. The number of carbonyl (C=O) groups excluding carboxylic acids is 1. The van der Waals surface area contributed by atoms with Gasteiger partial charge in [-0.05, 0) is 24.6 Å². The van der Waals surface area contributed by atoms with Crippen LogP contribution >= 0.6 is 11.3 Å². The molecule has 1 unspecified atom stereocenters. The van der Waals surface area contributed by atoms with Crippen LogP contribution in [-0.4, -0.2) is 48.6 Å². The van der Waals surface area contributed by atoms with Gasteiger partial charge < -0.3 is 10.1 Å². The standard InChI is InChI=1S/C25H26F3N3O2S/c1-17-3-2-4-19(13-17)22(31-9-11-33-12-10-31)15-29-23(32)14-21-16-34-24(30-21)18-5-7-20(8-6-18)25(26,27)28/h2-8,13,16,22H,9-12,14-15H2,1H3,(H,29,32). The number of hydrogen-bond donors (Lipinski definition) is 1. The van der Waals surface area contributed by atoms with E-state index >= 15 is 0 Å². The molecular formula is C25H26F3N3O2S. The Labute approximate surface area is 200 Å². The Morgan fingerprint density at radius 3 is 2.59 bits per heavy atom. The van der Waals surface area contributed by atoms with Gasteiger partial charge in [0.25, 0.3) is 0 Å². The fraction of sp³-hybridized carbons (Fsp3) is 0.360. The zero-order valence-corrected chi connectivity index (χ0v) is 19.6. The van der Waals surface area contributed by atoms with Crippen LogP contribution in [0.5, 0.6) is 0 Å². The molecule has 180 valence electrons. The Balaban J connectivity index is 1.38. The Kier molecular flexibility index (Phi) is 7.65. The number of morpholine rings is 1. The summed E-state index contributed by atoms with van der Waals surface area (Å²) in [6.45, 7) is 5.46. The molecule has 1 aliphatic heterocycles. The molecule has 1 fully saturated rings. The molecule has 9 heteroatoms. The van der Waals surface area contributed by atoms with E-state index in [1.807, 2.05) is 6.07 Å². The predicted molar refractivity (Wildman–Crippen MR) is 126 cm³/mol. The molecular weight excluding hydrogens is 463 g/mol. The highest BCUT2D eigenvalue weighted by atomic mass is 32.1. The summed E-state index contributed by atoms with van der Waals surface area (Å²) in [6, 6.07) is 13.2. The molecule has 34 heavy (non-hydrogen) atoms. The fourth-order valence-electron chi connectivity index (χ4n) is 3.98. The van der Waals surface area contributed by atoms with Crippen LogP contribution in [-0.2, 0) is 22.1 Å². The lowest BCUT2D eigenvalue weighted by molar-refractivity contribution is -0.137. The number of halogens is 3. The number of nitrogens with zero attached hydrogens (tertiary/aromatic N) is 2. The van der Waals surface area contributed by atoms with Crippen molar-refractivity contribution >= 4 is 17.2 Å². The van der Waals surface area contributed by atoms with E-state index in [0.717, 1.165) is 30.8 Å². The minimum absolute atomic E-state index is 0.0471. The number of aryl methyl sites for hydroxylation is 1. The first-order chi connectivity index (χ1) is 16.3. The number of aromatic nitrogens is 1. The summed E-state index contributed by atoms with van der Waals surface area (Å²) in [6.07, 6.45) is -4.26. The van der Waals surface area contributed by atoms with E-state index in [1.54, 1.807) is 5.38 Å². The number of alkyl halides is 3. The zero-order chi connectivity index (χ0) is 24.1. The second-order valence-corrected chi connectivity index (χ2v) is 9.14. The molecule has 2 aromatic carbocycles. The molecule has 0 aliphatic carbocycles. The smallest absolute Gasteiger partial charge is 0.379 e. The number of rotatable bonds is 7. The van der Waals surface area contributed by atoms with Crippen LogP contribution in [0.2, 0.25) is 0 Å². The van der Waals surface area contributed by atoms with Gasteiger partial charge in [-0.1, -0.05) is 42.0 Å². The van der Waals surface area contributed by atoms with Gasteiger partial charge in [0.05, 0.1) is 36.9 Å². The summed E-state index contributed by atoms with van der Waals surface area (Å²) >= 11 is 1.31. The largest absolute Gasteiger partial charge is 0.416 e. The highest BCUT2D eigenvalue weighted by Crippen LogP contribution is 2.32. The minimum Gasteiger partial charge on any atom is -0.379 e. The van der Waals surface area contributed by atoms with Gasteiger partial charge in [0.15, 0.2) is 0 Å². The molecule has 2 heterocycles. The number of nitrogens with one attached hydrogen (secondary N) is 1. The second-order valence-electron chi connectivity index (χ2n) is 8.28. The van der Waals surface area contributed by atoms with Crippen LogP contribution < -0.4 is 5.32 Å². The average molecular weight is 490 g/mol. The molecule has 1 atom stereocenters. The quantitative estimate of drug-likeness (QED) is 0.515. The van der Waals surface area contributed by atoms with Crippen molar-refractivity contribution in [3.05, 3.63) is 76.3 Å². The van der Waals surface area contributed by atoms with Crippen LogP contribution in [0.3, 0.4) is 0 Å². The van der Waals surface area contributed by atoms with E-state index in [9.17, 15) is 18.0 Å². The third kappa shape index (κ3) is 6.22. The maximum absolute atomic E-state index is 12.8. The maximum atomic E-state index is 12.8. The molecule has 5 nitrogen and oxygen atoms in total. The van der Waals surface area contributed by atoms with Gasteiger partial charge in [-0.15, -0.1) is 11.3 Å². The van der Waals surface area contributed by atoms with Gasteiger partial charge in [0.2, 0.25) is 5.91 Å². The van der Waals surface area contributed by atoms with Crippen molar-refractivity contribution in [3.63, 3.8) is 0 Å². The lowest BCUT2D eigenvalue weighted by Gasteiger charge is -2.35. The number of hydrogen-bond acceptors (Lipinski definition) is 5. The molecule has 0 radical (unpaired) electrons. The zero-order valence-electron chi connectivity index (χ0n) is 18.8. The second kappa shape index (κ2) is 10.7. The molecule has 0 saturated carbocycles. The highest BCUT2D eigenvalue weighted by molar-refractivity contribution is 7.13. The monoisotopic (exact) mass is 489 g/mol. The topological polar surface area (TPSA) is 54.5 Å². The summed E-state index contributed by atoms with van der Waals surface area (Å²) in [7, 11) is 0. The Hall–Kier alpha value is -2.75. The van der Waals surface area contributed by atoms with Crippen molar-refractivity contribution in [2.24, 2.45) is 0 Å². The van der Waals surface area contributed by atoms with Crippen molar-refractivity contribution in [1.29, 1.82) is 0 Å². The van der Waals surface area contributed by atoms with Gasteiger partial charge in [-0.25, -0.2) is 4.98 Å². The maximum Gasteiger partial charge on any atom is 0.416 e. The van der Waals surface area contributed by atoms with Crippen molar-refractivity contribution in [3.8, 4) is 10.6 Å². The Morgan fingerprint density at radius 1 is 1.18 bits per heavy atom. The Morgan fingerprint density at radius 2 is 1.91 bits per heavy atom. The minimum atomic E-state index is -4.37.